The van der Waals surface area contributed by atoms with Gasteiger partial charge in [-0.25, -0.2) is 17.8 Å². The fourth-order valence-electron chi connectivity index (χ4n) is 3.93. The van der Waals surface area contributed by atoms with E-state index in [4.69, 9.17) is 9.73 Å². The molecule has 0 spiro atoms. The highest BCUT2D eigenvalue weighted by atomic mass is 79.9. The number of sulfonamides is 1. The number of ether oxygens (including phenoxy) is 1. The molecule has 36 heavy (non-hydrogen) atoms. The second-order valence-corrected chi connectivity index (χ2v) is 11.9. The maximum atomic E-state index is 13.5. The Balaban J connectivity index is 1.51. The summed E-state index contributed by atoms with van der Waals surface area (Å²) in [4.78, 5) is 5.81. The monoisotopic (exact) mass is 587 g/mol. The lowest BCUT2D eigenvalue weighted by Crippen LogP contribution is -2.40. The van der Waals surface area contributed by atoms with Crippen LogP contribution in [0.1, 0.15) is 5.56 Å². The summed E-state index contributed by atoms with van der Waals surface area (Å²) in [5.41, 5.74) is 3.61. The standard InChI is InChI=1S/C26H23BrFN3O3S2/c27-21-5-3-20(4-6-21)25-18-35-26(31(25)17-19-1-7-22(28)8-2-19)29-23-9-11-24(12-10-23)36(32,33)30-13-15-34-16-14-30/h1-12,18H,13-17H2. The van der Waals surface area contributed by atoms with Gasteiger partial charge in [0.05, 0.1) is 36.0 Å². The zero-order valence-corrected chi connectivity index (χ0v) is 22.4. The van der Waals surface area contributed by atoms with Crippen LogP contribution in [0.5, 0.6) is 0 Å². The van der Waals surface area contributed by atoms with Gasteiger partial charge in [-0.05, 0) is 59.7 Å². The molecule has 0 radical (unpaired) electrons. The minimum atomic E-state index is -3.56. The van der Waals surface area contributed by atoms with E-state index < -0.39 is 10.0 Å². The van der Waals surface area contributed by atoms with Crippen LogP contribution >= 0.6 is 27.3 Å². The molecule has 5 rings (SSSR count). The average Bonchev–Trinajstić information content (AvgIpc) is 3.28. The number of thiazole rings is 1. The Morgan fingerprint density at radius 2 is 1.61 bits per heavy atom. The van der Waals surface area contributed by atoms with Gasteiger partial charge in [-0.3, -0.25) is 0 Å². The van der Waals surface area contributed by atoms with Crippen molar-refractivity contribution < 1.29 is 17.5 Å². The number of halogens is 2. The summed E-state index contributed by atoms with van der Waals surface area (Å²) in [6.45, 7) is 2.02. The molecule has 0 aliphatic carbocycles. The largest absolute Gasteiger partial charge is 0.379 e. The van der Waals surface area contributed by atoms with Crippen molar-refractivity contribution in [1.82, 2.24) is 8.87 Å². The van der Waals surface area contributed by atoms with E-state index in [-0.39, 0.29) is 10.7 Å². The third-order valence-electron chi connectivity index (χ3n) is 5.86. The van der Waals surface area contributed by atoms with Crippen molar-refractivity contribution >= 4 is 43.0 Å². The Morgan fingerprint density at radius 3 is 2.28 bits per heavy atom. The van der Waals surface area contributed by atoms with E-state index in [9.17, 15) is 12.8 Å². The highest BCUT2D eigenvalue weighted by molar-refractivity contribution is 9.10. The molecule has 10 heteroatoms. The van der Waals surface area contributed by atoms with Crippen molar-refractivity contribution in [1.29, 1.82) is 0 Å². The van der Waals surface area contributed by atoms with E-state index in [1.54, 1.807) is 36.4 Å². The number of rotatable bonds is 6. The molecule has 2 heterocycles. The fraction of sp³-hybridized carbons (Fsp3) is 0.192. The molecule has 6 nitrogen and oxygen atoms in total. The van der Waals surface area contributed by atoms with Gasteiger partial charge in [0.2, 0.25) is 10.0 Å². The van der Waals surface area contributed by atoms with E-state index in [0.717, 1.165) is 26.1 Å². The molecule has 0 amide bonds. The van der Waals surface area contributed by atoms with Gasteiger partial charge in [-0.15, -0.1) is 11.3 Å². The number of hydrogen-bond acceptors (Lipinski definition) is 5. The normalized spacial score (nSPS) is 15.3. The first kappa shape index (κ1) is 25.0. The van der Waals surface area contributed by atoms with Crippen molar-refractivity contribution in [3.63, 3.8) is 0 Å². The van der Waals surface area contributed by atoms with Gasteiger partial charge in [-0.2, -0.15) is 4.31 Å². The van der Waals surface area contributed by atoms with E-state index in [0.29, 0.717) is 38.5 Å². The minimum absolute atomic E-state index is 0.240. The van der Waals surface area contributed by atoms with Gasteiger partial charge in [-0.1, -0.05) is 40.2 Å². The van der Waals surface area contributed by atoms with E-state index in [1.807, 2.05) is 29.6 Å². The molecular formula is C26H23BrFN3O3S2. The van der Waals surface area contributed by atoms with Crippen LogP contribution < -0.4 is 4.80 Å². The quantitative estimate of drug-likeness (QED) is 0.302. The van der Waals surface area contributed by atoms with Crippen LogP contribution in [0.15, 0.2) is 92.5 Å². The summed E-state index contributed by atoms with van der Waals surface area (Å²) in [6.07, 6.45) is 0. The van der Waals surface area contributed by atoms with Crippen molar-refractivity contribution in [2.24, 2.45) is 4.99 Å². The van der Waals surface area contributed by atoms with Crippen LogP contribution in [0.25, 0.3) is 11.3 Å². The van der Waals surface area contributed by atoms with Gasteiger partial charge in [0.25, 0.3) is 0 Å². The highest BCUT2D eigenvalue weighted by Crippen LogP contribution is 2.25. The summed E-state index contributed by atoms with van der Waals surface area (Å²) in [5, 5.41) is 2.04. The molecule has 1 aliphatic rings. The first-order valence-electron chi connectivity index (χ1n) is 11.3. The maximum Gasteiger partial charge on any atom is 0.243 e. The molecule has 0 saturated carbocycles. The predicted octanol–water partition coefficient (Wildman–Crippen LogP) is 5.42. The Morgan fingerprint density at radius 1 is 0.944 bits per heavy atom. The topological polar surface area (TPSA) is 63.9 Å². The van der Waals surface area contributed by atoms with Crippen LogP contribution in [-0.4, -0.2) is 43.6 Å². The smallest absolute Gasteiger partial charge is 0.243 e. The molecule has 1 fully saturated rings. The molecule has 1 saturated heterocycles. The third-order valence-corrected chi connectivity index (χ3v) is 9.17. The molecule has 186 valence electrons. The van der Waals surface area contributed by atoms with Crippen LogP contribution in [0, 0.1) is 5.82 Å². The van der Waals surface area contributed by atoms with Gasteiger partial charge in [0.15, 0.2) is 4.80 Å². The summed E-state index contributed by atoms with van der Waals surface area (Å²) < 4.78 is 49.1. The van der Waals surface area contributed by atoms with Crippen molar-refractivity contribution in [3.05, 3.63) is 98.8 Å². The van der Waals surface area contributed by atoms with Crippen LogP contribution in [0.3, 0.4) is 0 Å². The first-order chi connectivity index (χ1) is 17.4. The summed E-state index contributed by atoms with van der Waals surface area (Å²) in [6, 6.07) is 21.1. The van der Waals surface area contributed by atoms with Crippen molar-refractivity contribution in [3.8, 4) is 11.3 Å². The Hall–Kier alpha value is -2.63. The summed E-state index contributed by atoms with van der Waals surface area (Å²) in [5.74, 6) is -0.278. The van der Waals surface area contributed by atoms with E-state index in [1.165, 1.54) is 27.8 Å². The molecule has 1 aliphatic heterocycles. The van der Waals surface area contributed by atoms with E-state index in [2.05, 4.69) is 20.5 Å². The van der Waals surface area contributed by atoms with Crippen LogP contribution in [-0.2, 0) is 21.3 Å². The number of aromatic nitrogens is 1. The molecule has 0 atom stereocenters. The molecule has 1 aromatic heterocycles. The van der Waals surface area contributed by atoms with Crippen molar-refractivity contribution in [2.75, 3.05) is 26.3 Å². The fourth-order valence-corrected chi connectivity index (χ4v) is 6.54. The predicted molar refractivity (Wildman–Crippen MR) is 142 cm³/mol. The SMILES string of the molecule is O=S(=O)(c1ccc(N=c2scc(-c3ccc(Br)cc3)n2Cc2ccc(F)cc2)cc1)N1CCOCC1. The average molecular weight is 589 g/mol. The number of benzene rings is 3. The number of hydrogen-bond donors (Lipinski definition) is 0. The molecular weight excluding hydrogens is 565 g/mol. The van der Waals surface area contributed by atoms with Gasteiger partial charge >= 0.3 is 0 Å². The Bertz CT molecular complexity index is 1510. The van der Waals surface area contributed by atoms with Gasteiger partial charge in [0.1, 0.15) is 5.82 Å². The summed E-state index contributed by atoms with van der Waals surface area (Å²) in [7, 11) is -3.56. The molecule has 3 aromatic carbocycles. The number of morpholine rings is 1. The molecule has 4 aromatic rings. The Labute approximate surface area is 221 Å². The van der Waals surface area contributed by atoms with E-state index >= 15 is 0 Å². The third kappa shape index (κ3) is 5.52. The zero-order chi connectivity index (χ0) is 25.1. The molecule has 0 bridgehead atoms. The first-order valence-corrected chi connectivity index (χ1v) is 14.4. The van der Waals surface area contributed by atoms with Crippen molar-refractivity contribution in [2.45, 2.75) is 11.4 Å². The second-order valence-electron chi connectivity index (χ2n) is 8.25. The summed E-state index contributed by atoms with van der Waals surface area (Å²) >= 11 is 4.98. The lowest BCUT2D eigenvalue weighted by atomic mass is 10.1. The van der Waals surface area contributed by atoms with Gasteiger partial charge in [0, 0.05) is 22.9 Å². The van der Waals surface area contributed by atoms with Crippen LogP contribution in [0.2, 0.25) is 0 Å². The minimum Gasteiger partial charge on any atom is -0.379 e. The second kappa shape index (κ2) is 10.8. The lowest BCUT2D eigenvalue weighted by molar-refractivity contribution is 0.0730. The van der Waals surface area contributed by atoms with Crippen LogP contribution in [0.4, 0.5) is 10.1 Å². The molecule has 0 unspecified atom stereocenters. The lowest BCUT2D eigenvalue weighted by Gasteiger charge is -2.26. The Kier molecular flexibility index (Phi) is 7.49. The zero-order valence-electron chi connectivity index (χ0n) is 19.2. The number of nitrogens with zero attached hydrogens (tertiary/aromatic N) is 3. The van der Waals surface area contributed by atoms with Gasteiger partial charge < -0.3 is 9.30 Å². The highest BCUT2D eigenvalue weighted by Gasteiger charge is 2.26. The molecule has 0 N–H and O–H groups in total. The maximum absolute atomic E-state index is 13.5.